The van der Waals surface area contributed by atoms with Crippen molar-refractivity contribution >= 4 is 18.4 Å². The Hall–Kier alpha value is -2.73. The number of aromatic amines is 1. The fourth-order valence-electron chi connectivity index (χ4n) is 2.65. The molecule has 0 bridgehead atoms. The maximum absolute atomic E-state index is 5.74. The highest BCUT2D eigenvalue weighted by atomic mass is 32.1. The molecule has 0 unspecified atom stereocenters. The molecule has 140 valence electrons. The number of ether oxygens (including phenoxy) is 1. The summed E-state index contributed by atoms with van der Waals surface area (Å²) in [6, 6.07) is 18.0. The average Bonchev–Trinajstić information content (AvgIpc) is 3.05. The normalized spacial score (nSPS) is 11.1. The van der Waals surface area contributed by atoms with E-state index in [1.165, 1.54) is 12.8 Å². The number of nitrogens with one attached hydrogen (secondary N) is 1. The van der Waals surface area contributed by atoms with Gasteiger partial charge in [0.25, 0.3) is 0 Å². The van der Waals surface area contributed by atoms with Crippen LogP contribution in [0.2, 0.25) is 0 Å². The van der Waals surface area contributed by atoms with E-state index in [1.807, 2.05) is 42.5 Å². The molecule has 1 aromatic heterocycles. The lowest BCUT2D eigenvalue weighted by atomic mass is 10.1. The molecular formula is C21H24N4OS. The Kier molecular flexibility index (Phi) is 6.93. The molecule has 0 amide bonds. The number of aromatic nitrogens is 3. The van der Waals surface area contributed by atoms with Gasteiger partial charge in [0.2, 0.25) is 4.77 Å². The van der Waals surface area contributed by atoms with E-state index in [9.17, 15) is 0 Å². The first-order valence-corrected chi connectivity index (χ1v) is 9.64. The van der Waals surface area contributed by atoms with Gasteiger partial charge in [-0.2, -0.15) is 14.9 Å². The molecule has 0 fully saturated rings. The largest absolute Gasteiger partial charge is 0.494 e. The first-order chi connectivity index (χ1) is 13.3. The van der Waals surface area contributed by atoms with Crippen molar-refractivity contribution in [2.24, 2.45) is 5.10 Å². The van der Waals surface area contributed by atoms with Crippen LogP contribution in [0.5, 0.6) is 5.75 Å². The van der Waals surface area contributed by atoms with Gasteiger partial charge in [-0.3, -0.25) is 5.10 Å². The van der Waals surface area contributed by atoms with E-state index in [1.54, 1.807) is 10.9 Å². The zero-order valence-corrected chi connectivity index (χ0v) is 16.3. The standard InChI is InChI=1S/C21H24N4OS/c1-2-3-7-14-26-19-12-10-18(11-13-19)16-22-25-20(23-24-21(25)27)15-17-8-5-4-6-9-17/h4-6,8-13,16H,2-3,7,14-15H2,1H3,(H,24,27)/b22-16-. The summed E-state index contributed by atoms with van der Waals surface area (Å²) in [4.78, 5) is 0. The van der Waals surface area contributed by atoms with Crippen molar-refractivity contribution in [3.8, 4) is 5.75 Å². The molecule has 27 heavy (non-hydrogen) atoms. The number of hydrogen-bond donors (Lipinski definition) is 1. The SMILES string of the molecule is CCCCCOc1ccc(/C=N\n2c(Cc3ccccc3)n[nH]c2=S)cc1. The number of H-pyrrole nitrogens is 1. The molecule has 6 heteroatoms. The summed E-state index contributed by atoms with van der Waals surface area (Å²) in [5.41, 5.74) is 2.14. The summed E-state index contributed by atoms with van der Waals surface area (Å²) in [6.45, 7) is 2.94. The van der Waals surface area contributed by atoms with Crippen LogP contribution >= 0.6 is 12.2 Å². The Morgan fingerprint density at radius 3 is 2.63 bits per heavy atom. The van der Waals surface area contributed by atoms with Crippen LogP contribution in [0, 0.1) is 4.77 Å². The molecule has 0 atom stereocenters. The molecule has 0 aliphatic rings. The minimum atomic E-state index is 0.480. The number of benzene rings is 2. The van der Waals surface area contributed by atoms with Crippen molar-refractivity contribution < 1.29 is 4.74 Å². The second kappa shape index (κ2) is 9.83. The molecular weight excluding hydrogens is 356 g/mol. The number of rotatable bonds is 9. The van der Waals surface area contributed by atoms with Crippen molar-refractivity contribution in [1.82, 2.24) is 14.9 Å². The second-order valence-electron chi connectivity index (χ2n) is 6.29. The quantitative estimate of drug-likeness (QED) is 0.323. The van der Waals surface area contributed by atoms with Crippen LogP contribution in [0.15, 0.2) is 59.7 Å². The van der Waals surface area contributed by atoms with E-state index >= 15 is 0 Å². The third kappa shape index (κ3) is 5.62. The number of hydrogen-bond acceptors (Lipinski definition) is 4. The van der Waals surface area contributed by atoms with Gasteiger partial charge in [0.15, 0.2) is 5.82 Å². The third-order valence-electron chi connectivity index (χ3n) is 4.14. The fourth-order valence-corrected chi connectivity index (χ4v) is 2.85. The Bertz CT molecular complexity index is 913. The van der Waals surface area contributed by atoms with Crippen molar-refractivity contribution in [3.63, 3.8) is 0 Å². The molecule has 0 radical (unpaired) electrons. The zero-order valence-electron chi connectivity index (χ0n) is 15.5. The lowest BCUT2D eigenvalue weighted by Gasteiger charge is -2.05. The van der Waals surface area contributed by atoms with Crippen molar-refractivity contribution in [2.45, 2.75) is 32.6 Å². The minimum Gasteiger partial charge on any atom is -0.494 e. The summed E-state index contributed by atoms with van der Waals surface area (Å²) in [5, 5.41) is 11.6. The number of nitrogens with zero attached hydrogens (tertiary/aromatic N) is 3. The van der Waals surface area contributed by atoms with Crippen molar-refractivity contribution in [2.75, 3.05) is 6.61 Å². The molecule has 3 aromatic rings. The zero-order chi connectivity index (χ0) is 18.9. The Morgan fingerprint density at radius 2 is 1.89 bits per heavy atom. The van der Waals surface area contributed by atoms with Gasteiger partial charge in [0.05, 0.1) is 12.8 Å². The van der Waals surface area contributed by atoms with E-state index in [2.05, 4.69) is 34.4 Å². The van der Waals surface area contributed by atoms with E-state index < -0.39 is 0 Å². The van der Waals surface area contributed by atoms with Gasteiger partial charge in [-0.25, -0.2) is 0 Å². The molecule has 0 aliphatic heterocycles. The van der Waals surface area contributed by atoms with Crippen LogP contribution in [-0.2, 0) is 6.42 Å². The van der Waals surface area contributed by atoms with Crippen LogP contribution < -0.4 is 4.74 Å². The van der Waals surface area contributed by atoms with Crippen LogP contribution in [-0.4, -0.2) is 27.7 Å². The predicted molar refractivity (Wildman–Crippen MR) is 111 cm³/mol. The topological polar surface area (TPSA) is 55.2 Å². The molecule has 3 rings (SSSR count). The van der Waals surface area contributed by atoms with E-state index in [-0.39, 0.29) is 0 Å². The summed E-state index contributed by atoms with van der Waals surface area (Å²) in [7, 11) is 0. The van der Waals surface area contributed by atoms with Gasteiger partial charge < -0.3 is 4.74 Å². The third-order valence-corrected chi connectivity index (χ3v) is 4.41. The van der Waals surface area contributed by atoms with E-state index in [0.717, 1.165) is 35.7 Å². The van der Waals surface area contributed by atoms with Gasteiger partial charge in [0.1, 0.15) is 5.75 Å². The molecule has 1 N–H and O–H groups in total. The van der Waals surface area contributed by atoms with Crippen molar-refractivity contribution in [1.29, 1.82) is 0 Å². The Labute approximate surface area is 164 Å². The lowest BCUT2D eigenvalue weighted by Crippen LogP contribution is -2.00. The van der Waals surface area contributed by atoms with Gasteiger partial charge in [-0.05, 0) is 54.0 Å². The lowest BCUT2D eigenvalue weighted by molar-refractivity contribution is 0.306. The van der Waals surface area contributed by atoms with Gasteiger partial charge in [-0.1, -0.05) is 50.1 Å². The van der Waals surface area contributed by atoms with Gasteiger partial charge >= 0.3 is 0 Å². The maximum Gasteiger partial charge on any atom is 0.216 e. The molecule has 5 nitrogen and oxygen atoms in total. The highest BCUT2D eigenvalue weighted by molar-refractivity contribution is 7.71. The van der Waals surface area contributed by atoms with Crippen LogP contribution in [0.3, 0.4) is 0 Å². The maximum atomic E-state index is 5.74. The van der Waals surface area contributed by atoms with Gasteiger partial charge in [-0.15, -0.1) is 0 Å². The monoisotopic (exact) mass is 380 g/mol. The highest BCUT2D eigenvalue weighted by Gasteiger charge is 2.06. The molecule has 2 aromatic carbocycles. The van der Waals surface area contributed by atoms with Gasteiger partial charge in [0, 0.05) is 6.42 Å². The number of unbranched alkanes of at least 4 members (excludes halogenated alkanes) is 2. The predicted octanol–water partition coefficient (Wildman–Crippen LogP) is 4.98. The summed E-state index contributed by atoms with van der Waals surface area (Å²) < 4.78 is 7.88. The molecule has 0 saturated carbocycles. The first kappa shape index (κ1) is 19.0. The minimum absolute atomic E-state index is 0.480. The summed E-state index contributed by atoms with van der Waals surface area (Å²) in [5.74, 6) is 1.66. The average molecular weight is 381 g/mol. The fraction of sp³-hybridized carbons (Fsp3) is 0.286. The Balaban J connectivity index is 1.66. The molecule has 0 saturated heterocycles. The van der Waals surface area contributed by atoms with E-state index in [0.29, 0.717) is 11.2 Å². The van der Waals surface area contributed by atoms with Crippen LogP contribution in [0.1, 0.15) is 43.1 Å². The van der Waals surface area contributed by atoms with Crippen molar-refractivity contribution in [3.05, 3.63) is 76.3 Å². The Morgan fingerprint density at radius 1 is 1.11 bits per heavy atom. The van der Waals surface area contributed by atoms with Crippen LogP contribution in [0.25, 0.3) is 0 Å². The molecule has 1 heterocycles. The summed E-state index contributed by atoms with van der Waals surface area (Å²) >= 11 is 5.31. The summed E-state index contributed by atoms with van der Waals surface area (Å²) in [6.07, 6.45) is 5.92. The van der Waals surface area contributed by atoms with Crippen LogP contribution in [0.4, 0.5) is 0 Å². The second-order valence-corrected chi connectivity index (χ2v) is 6.68. The first-order valence-electron chi connectivity index (χ1n) is 9.23. The van der Waals surface area contributed by atoms with E-state index in [4.69, 9.17) is 17.0 Å². The highest BCUT2D eigenvalue weighted by Crippen LogP contribution is 2.12. The smallest absolute Gasteiger partial charge is 0.216 e. The molecule has 0 spiro atoms. The molecule has 0 aliphatic carbocycles.